The van der Waals surface area contributed by atoms with Crippen LogP contribution in [0.1, 0.15) is 54.8 Å². The summed E-state index contributed by atoms with van der Waals surface area (Å²) in [6, 6.07) is 2.13. The van der Waals surface area contributed by atoms with E-state index in [0.29, 0.717) is 27.8 Å². The fourth-order valence-corrected chi connectivity index (χ4v) is 3.57. The molecule has 1 aromatic heterocycles. The summed E-state index contributed by atoms with van der Waals surface area (Å²) < 4.78 is 13.8. The molecule has 86 valence electrons. The van der Waals surface area contributed by atoms with E-state index in [1.165, 1.54) is 11.3 Å². The van der Waals surface area contributed by atoms with Crippen molar-refractivity contribution in [3.05, 3.63) is 16.0 Å². The van der Waals surface area contributed by atoms with E-state index in [0.717, 1.165) is 12.0 Å². The molecular weight excluding hydrogens is 223 g/mol. The number of alkyl halides is 1. The molecule has 1 heterocycles. The van der Waals surface area contributed by atoms with Gasteiger partial charge in [0.25, 0.3) is 0 Å². The van der Waals surface area contributed by atoms with Gasteiger partial charge in [-0.25, -0.2) is 4.39 Å². The Hall–Kier alpha value is -1.08. The van der Waals surface area contributed by atoms with Gasteiger partial charge in [0, 0.05) is 4.88 Å². The zero-order valence-corrected chi connectivity index (χ0v) is 10.3. The summed E-state index contributed by atoms with van der Waals surface area (Å²) >= 11 is 1.25. The predicted octanol–water partition coefficient (Wildman–Crippen LogP) is 3.75. The maximum absolute atomic E-state index is 13.8. The SMILES string of the molecule is CC(C)C1CCC(F)c2sc(N)c(C#N)c21. The number of hydrogen-bond donors (Lipinski definition) is 1. The quantitative estimate of drug-likeness (QED) is 0.810. The number of nitrogen functional groups attached to an aromatic ring is 1. The molecule has 0 fully saturated rings. The predicted molar refractivity (Wildman–Crippen MR) is 64.1 cm³/mol. The molecule has 0 saturated carbocycles. The Morgan fingerprint density at radius 3 is 2.75 bits per heavy atom. The highest BCUT2D eigenvalue weighted by Gasteiger charge is 2.34. The van der Waals surface area contributed by atoms with Gasteiger partial charge in [-0.3, -0.25) is 0 Å². The molecule has 0 amide bonds. The second-order valence-corrected chi connectivity index (χ2v) is 5.71. The number of nitrogens with two attached hydrogens (primary N) is 1. The summed E-state index contributed by atoms with van der Waals surface area (Å²) in [7, 11) is 0. The Balaban J connectivity index is 2.59. The normalized spacial score (nSPS) is 24.2. The molecule has 0 aliphatic heterocycles. The first-order valence-electron chi connectivity index (χ1n) is 5.52. The minimum Gasteiger partial charge on any atom is -0.389 e. The van der Waals surface area contributed by atoms with Crippen LogP contribution >= 0.6 is 11.3 Å². The highest BCUT2D eigenvalue weighted by Crippen LogP contribution is 2.49. The lowest BCUT2D eigenvalue weighted by Gasteiger charge is -2.28. The second-order valence-electron chi connectivity index (χ2n) is 4.63. The fraction of sp³-hybridized carbons (Fsp3) is 0.583. The molecule has 16 heavy (non-hydrogen) atoms. The van der Waals surface area contributed by atoms with Gasteiger partial charge in [0.2, 0.25) is 0 Å². The summed E-state index contributed by atoms with van der Waals surface area (Å²) in [5, 5.41) is 9.58. The molecule has 0 bridgehead atoms. The van der Waals surface area contributed by atoms with E-state index in [4.69, 9.17) is 11.0 Å². The van der Waals surface area contributed by atoms with Crippen molar-refractivity contribution in [2.75, 3.05) is 5.73 Å². The standard InChI is InChI=1S/C12H15FN2S/c1-6(2)7-3-4-9(13)11-10(7)8(5-14)12(15)16-11/h6-7,9H,3-4,15H2,1-2H3. The molecule has 0 saturated heterocycles. The summed E-state index contributed by atoms with van der Waals surface area (Å²) in [4.78, 5) is 0.694. The van der Waals surface area contributed by atoms with Crippen molar-refractivity contribution >= 4 is 16.3 Å². The van der Waals surface area contributed by atoms with Crippen molar-refractivity contribution < 1.29 is 4.39 Å². The van der Waals surface area contributed by atoms with Crippen molar-refractivity contribution in [3.8, 4) is 6.07 Å². The number of halogens is 1. The number of thiophene rings is 1. The number of anilines is 1. The van der Waals surface area contributed by atoms with Crippen LogP contribution in [0, 0.1) is 17.2 Å². The summed E-state index contributed by atoms with van der Waals surface area (Å²) in [6.45, 7) is 4.23. The fourth-order valence-electron chi connectivity index (χ4n) is 2.46. The second kappa shape index (κ2) is 4.06. The lowest BCUT2D eigenvalue weighted by Crippen LogP contribution is -2.15. The minimum atomic E-state index is -0.931. The van der Waals surface area contributed by atoms with Crippen molar-refractivity contribution in [1.82, 2.24) is 0 Å². The Morgan fingerprint density at radius 1 is 1.50 bits per heavy atom. The van der Waals surface area contributed by atoms with Crippen LogP contribution < -0.4 is 5.73 Å². The van der Waals surface area contributed by atoms with E-state index in [-0.39, 0.29) is 5.92 Å². The average molecular weight is 238 g/mol. The third-order valence-electron chi connectivity index (χ3n) is 3.30. The van der Waals surface area contributed by atoms with Crippen molar-refractivity contribution in [1.29, 1.82) is 5.26 Å². The maximum atomic E-state index is 13.8. The van der Waals surface area contributed by atoms with Gasteiger partial charge in [-0.1, -0.05) is 13.8 Å². The molecule has 2 nitrogen and oxygen atoms in total. The monoisotopic (exact) mass is 238 g/mol. The molecule has 1 aromatic rings. The number of nitrogens with zero attached hydrogens (tertiary/aromatic N) is 1. The van der Waals surface area contributed by atoms with Crippen LogP contribution in [0.4, 0.5) is 9.39 Å². The van der Waals surface area contributed by atoms with Gasteiger partial charge in [0.1, 0.15) is 17.2 Å². The number of hydrogen-bond acceptors (Lipinski definition) is 3. The Bertz CT molecular complexity index is 445. The van der Waals surface area contributed by atoms with Gasteiger partial charge < -0.3 is 5.73 Å². The van der Waals surface area contributed by atoms with E-state index in [2.05, 4.69) is 19.9 Å². The highest BCUT2D eigenvalue weighted by molar-refractivity contribution is 7.16. The first kappa shape index (κ1) is 11.4. The highest BCUT2D eigenvalue weighted by atomic mass is 32.1. The molecule has 1 aliphatic rings. The van der Waals surface area contributed by atoms with Crippen molar-refractivity contribution in [2.24, 2.45) is 5.92 Å². The van der Waals surface area contributed by atoms with Crippen LogP contribution in [0.2, 0.25) is 0 Å². The van der Waals surface area contributed by atoms with Crippen molar-refractivity contribution in [2.45, 2.75) is 38.8 Å². The van der Waals surface area contributed by atoms with Gasteiger partial charge in [-0.05, 0) is 30.2 Å². The summed E-state index contributed by atoms with van der Waals surface area (Å²) in [5.74, 6) is 0.706. The van der Waals surface area contributed by atoms with E-state index >= 15 is 0 Å². The molecule has 2 unspecified atom stereocenters. The first-order chi connectivity index (χ1) is 7.56. The minimum absolute atomic E-state index is 0.283. The average Bonchev–Trinajstić information content (AvgIpc) is 2.55. The van der Waals surface area contributed by atoms with E-state index in [9.17, 15) is 4.39 Å². The van der Waals surface area contributed by atoms with Gasteiger partial charge in [-0.2, -0.15) is 5.26 Å². The first-order valence-corrected chi connectivity index (χ1v) is 6.34. The van der Waals surface area contributed by atoms with Gasteiger partial charge in [0.15, 0.2) is 0 Å². The molecule has 4 heteroatoms. The van der Waals surface area contributed by atoms with E-state index in [1.807, 2.05) is 0 Å². The zero-order chi connectivity index (χ0) is 11.9. The largest absolute Gasteiger partial charge is 0.389 e. The van der Waals surface area contributed by atoms with Crippen LogP contribution in [-0.2, 0) is 0 Å². The van der Waals surface area contributed by atoms with Crippen LogP contribution in [0.15, 0.2) is 0 Å². The zero-order valence-electron chi connectivity index (χ0n) is 9.46. The molecule has 2 atom stereocenters. The molecule has 0 radical (unpaired) electrons. The summed E-state index contributed by atoms with van der Waals surface area (Å²) in [5.41, 5.74) is 7.19. The Kier molecular flexibility index (Phi) is 2.90. The van der Waals surface area contributed by atoms with Crippen LogP contribution in [0.25, 0.3) is 0 Å². The Labute approximate surface area is 98.9 Å². The number of nitriles is 1. The third kappa shape index (κ3) is 1.60. The molecular formula is C12H15FN2S. The number of fused-ring (bicyclic) bond motifs is 1. The molecule has 1 aliphatic carbocycles. The molecule has 0 spiro atoms. The smallest absolute Gasteiger partial charge is 0.135 e. The lowest BCUT2D eigenvalue weighted by atomic mass is 9.78. The maximum Gasteiger partial charge on any atom is 0.135 e. The number of rotatable bonds is 1. The molecule has 2 N–H and O–H groups in total. The summed E-state index contributed by atoms with van der Waals surface area (Å²) in [6.07, 6.45) is 0.441. The van der Waals surface area contributed by atoms with E-state index in [1.54, 1.807) is 0 Å². The Morgan fingerprint density at radius 2 is 2.19 bits per heavy atom. The topological polar surface area (TPSA) is 49.8 Å². The van der Waals surface area contributed by atoms with Crippen LogP contribution in [0.5, 0.6) is 0 Å². The van der Waals surface area contributed by atoms with Gasteiger partial charge in [-0.15, -0.1) is 11.3 Å². The van der Waals surface area contributed by atoms with Gasteiger partial charge >= 0.3 is 0 Å². The van der Waals surface area contributed by atoms with E-state index < -0.39 is 6.17 Å². The van der Waals surface area contributed by atoms with Gasteiger partial charge in [0.05, 0.1) is 5.56 Å². The van der Waals surface area contributed by atoms with Crippen LogP contribution in [0.3, 0.4) is 0 Å². The van der Waals surface area contributed by atoms with Crippen LogP contribution in [-0.4, -0.2) is 0 Å². The van der Waals surface area contributed by atoms with Crippen molar-refractivity contribution in [3.63, 3.8) is 0 Å². The molecule has 0 aromatic carbocycles. The lowest BCUT2D eigenvalue weighted by molar-refractivity contribution is 0.276. The molecule has 2 rings (SSSR count). The third-order valence-corrected chi connectivity index (χ3v) is 4.42.